The predicted octanol–water partition coefficient (Wildman–Crippen LogP) is 1.46. The summed E-state index contributed by atoms with van der Waals surface area (Å²) in [6.45, 7) is 4.11. The molecule has 1 fully saturated rings. The van der Waals surface area contributed by atoms with Crippen molar-refractivity contribution < 1.29 is 14.2 Å². The lowest BCUT2D eigenvalue weighted by Gasteiger charge is -2.20. The van der Waals surface area contributed by atoms with Gasteiger partial charge in [-0.05, 0) is 24.6 Å². The summed E-state index contributed by atoms with van der Waals surface area (Å²) in [5, 5.41) is 3.25. The second kappa shape index (κ2) is 3.96. The molecule has 1 aromatic carbocycles. The maximum absolute atomic E-state index is 5.73. The quantitative estimate of drug-likeness (QED) is 0.779. The molecule has 2 heterocycles. The van der Waals surface area contributed by atoms with Crippen LogP contribution in [0.2, 0.25) is 0 Å². The van der Waals surface area contributed by atoms with E-state index in [0.29, 0.717) is 13.2 Å². The minimum Gasteiger partial charge on any atom is -0.486 e. The maximum atomic E-state index is 5.73. The standard InChI is InChI=1S/C12H15NO3/c1-8-13-7-12(16-8)9-2-3-10-11(6-9)15-5-4-14-10/h2-3,6,8,12-13H,4-5,7H2,1H3. The van der Waals surface area contributed by atoms with Crippen LogP contribution in [0.15, 0.2) is 18.2 Å². The van der Waals surface area contributed by atoms with Crippen molar-refractivity contribution in [2.45, 2.75) is 19.3 Å². The molecule has 4 nitrogen and oxygen atoms in total. The highest BCUT2D eigenvalue weighted by Crippen LogP contribution is 2.34. The van der Waals surface area contributed by atoms with Crippen molar-refractivity contribution in [1.29, 1.82) is 0 Å². The Morgan fingerprint density at radius 3 is 2.75 bits per heavy atom. The predicted molar refractivity (Wildman–Crippen MR) is 58.7 cm³/mol. The first-order valence-corrected chi connectivity index (χ1v) is 5.61. The highest BCUT2D eigenvalue weighted by Gasteiger charge is 2.24. The van der Waals surface area contributed by atoms with Gasteiger partial charge in [-0.15, -0.1) is 0 Å². The Morgan fingerprint density at radius 2 is 2.00 bits per heavy atom. The van der Waals surface area contributed by atoms with Gasteiger partial charge in [0.2, 0.25) is 0 Å². The lowest BCUT2D eigenvalue weighted by atomic mass is 10.1. The van der Waals surface area contributed by atoms with Gasteiger partial charge in [0, 0.05) is 6.54 Å². The van der Waals surface area contributed by atoms with Gasteiger partial charge in [0.1, 0.15) is 19.4 Å². The molecule has 2 aliphatic rings. The first-order valence-electron chi connectivity index (χ1n) is 5.61. The summed E-state index contributed by atoms with van der Waals surface area (Å²) in [7, 11) is 0. The fourth-order valence-electron chi connectivity index (χ4n) is 2.07. The molecule has 0 aliphatic carbocycles. The van der Waals surface area contributed by atoms with E-state index >= 15 is 0 Å². The lowest BCUT2D eigenvalue weighted by molar-refractivity contribution is 0.0526. The summed E-state index contributed by atoms with van der Waals surface area (Å²) in [4.78, 5) is 0. The first-order chi connectivity index (χ1) is 7.83. The van der Waals surface area contributed by atoms with Gasteiger partial charge in [0.15, 0.2) is 11.5 Å². The number of nitrogens with one attached hydrogen (secondary N) is 1. The van der Waals surface area contributed by atoms with Crippen molar-refractivity contribution in [3.05, 3.63) is 23.8 Å². The molecule has 0 radical (unpaired) electrons. The molecule has 2 aliphatic heterocycles. The van der Waals surface area contributed by atoms with Gasteiger partial charge in [-0.3, -0.25) is 5.32 Å². The van der Waals surface area contributed by atoms with Gasteiger partial charge in [-0.1, -0.05) is 6.07 Å². The van der Waals surface area contributed by atoms with Crippen LogP contribution in [0.4, 0.5) is 0 Å². The Labute approximate surface area is 94.5 Å². The Bertz CT molecular complexity index is 394. The second-order valence-electron chi connectivity index (χ2n) is 4.08. The summed E-state index contributed by atoms with van der Waals surface area (Å²) in [6, 6.07) is 6.01. The van der Waals surface area contributed by atoms with Gasteiger partial charge in [-0.2, -0.15) is 0 Å². The van der Waals surface area contributed by atoms with Crippen molar-refractivity contribution >= 4 is 0 Å². The molecule has 1 saturated heterocycles. The van der Waals surface area contributed by atoms with Gasteiger partial charge in [0.05, 0.1) is 6.10 Å². The zero-order valence-electron chi connectivity index (χ0n) is 9.23. The van der Waals surface area contributed by atoms with Crippen molar-refractivity contribution in [2.24, 2.45) is 0 Å². The van der Waals surface area contributed by atoms with E-state index in [1.165, 1.54) is 0 Å². The first kappa shape index (κ1) is 9.93. The molecule has 0 spiro atoms. The number of benzene rings is 1. The number of fused-ring (bicyclic) bond motifs is 1. The van der Waals surface area contributed by atoms with Crippen LogP contribution in [0.5, 0.6) is 11.5 Å². The van der Waals surface area contributed by atoms with Gasteiger partial charge >= 0.3 is 0 Å². The second-order valence-corrected chi connectivity index (χ2v) is 4.08. The zero-order chi connectivity index (χ0) is 11.0. The molecule has 0 bridgehead atoms. The Balaban J connectivity index is 1.85. The SMILES string of the molecule is CC1NCC(c2ccc3c(c2)OCCO3)O1. The van der Waals surface area contributed by atoms with Crippen molar-refractivity contribution in [1.82, 2.24) is 5.32 Å². The molecule has 0 saturated carbocycles. The van der Waals surface area contributed by atoms with Crippen LogP contribution in [0.3, 0.4) is 0 Å². The highest BCUT2D eigenvalue weighted by atomic mass is 16.6. The van der Waals surface area contributed by atoms with E-state index in [2.05, 4.69) is 5.32 Å². The Hall–Kier alpha value is -1.26. The molecule has 1 N–H and O–H groups in total. The van der Waals surface area contributed by atoms with E-state index in [0.717, 1.165) is 23.6 Å². The molecule has 0 aromatic heterocycles. The van der Waals surface area contributed by atoms with E-state index in [-0.39, 0.29) is 12.3 Å². The molecule has 0 amide bonds. The molecule has 16 heavy (non-hydrogen) atoms. The third-order valence-electron chi connectivity index (χ3n) is 2.90. The van der Waals surface area contributed by atoms with Gasteiger partial charge in [-0.25, -0.2) is 0 Å². The number of rotatable bonds is 1. The normalized spacial score (nSPS) is 28.1. The summed E-state index contributed by atoms with van der Waals surface area (Å²) in [6.07, 6.45) is 0.240. The Morgan fingerprint density at radius 1 is 1.19 bits per heavy atom. The third kappa shape index (κ3) is 1.74. The minimum atomic E-state index is 0.117. The summed E-state index contributed by atoms with van der Waals surface area (Å²) >= 11 is 0. The third-order valence-corrected chi connectivity index (χ3v) is 2.90. The van der Waals surface area contributed by atoms with E-state index in [4.69, 9.17) is 14.2 Å². The molecule has 1 aromatic rings. The van der Waals surface area contributed by atoms with E-state index in [1.807, 2.05) is 25.1 Å². The van der Waals surface area contributed by atoms with Crippen molar-refractivity contribution in [3.8, 4) is 11.5 Å². The van der Waals surface area contributed by atoms with Crippen molar-refractivity contribution in [2.75, 3.05) is 19.8 Å². The summed E-state index contributed by atoms with van der Waals surface area (Å²) < 4.78 is 16.8. The van der Waals surface area contributed by atoms with E-state index in [9.17, 15) is 0 Å². The van der Waals surface area contributed by atoms with Crippen LogP contribution in [0.1, 0.15) is 18.6 Å². The van der Waals surface area contributed by atoms with Gasteiger partial charge in [0.25, 0.3) is 0 Å². The van der Waals surface area contributed by atoms with Crippen LogP contribution in [0, 0.1) is 0 Å². The maximum Gasteiger partial charge on any atom is 0.161 e. The van der Waals surface area contributed by atoms with E-state index in [1.54, 1.807) is 0 Å². The van der Waals surface area contributed by atoms with Crippen LogP contribution in [0.25, 0.3) is 0 Å². The summed E-state index contributed by atoms with van der Waals surface area (Å²) in [5.74, 6) is 1.65. The van der Waals surface area contributed by atoms with Crippen LogP contribution in [-0.4, -0.2) is 26.0 Å². The molecule has 2 atom stereocenters. The summed E-state index contributed by atoms with van der Waals surface area (Å²) in [5.41, 5.74) is 1.14. The highest BCUT2D eigenvalue weighted by molar-refractivity contribution is 5.44. The molecular weight excluding hydrogens is 206 g/mol. The number of hydrogen-bond donors (Lipinski definition) is 1. The topological polar surface area (TPSA) is 39.7 Å². The van der Waals surface area contributed by atoms with Crippen molar-refractivity contribution in [3.63, 3.8) is 0 Å². The average Bonchev–Trinajstić information content (AvgIpc) is 2.75. The fraction of sp³-hybridized carbons (Fsp3) is 0.500. The molecule has 4 heteroatoms. The minimum absolute atomic E-state index is 0.117. The lowest BCUT2D eigenvalue weighted by Crippen LogP contribution is -2.17. The van der Waals surface area contributed by atoms with Crippen LogP contribution >= 0.6 is 0 Å². The van der Waals surface area contributed by atoms with Crippen LogP contribution < -0.4 is 14.8 Å². The zero-order valence-corrected chi connectivity index (χ0v) is 9.23. The largest absolute Gasteiger partial charge is 0.486 e. The molecule has 2 unspecified atom stereocenters. The molecular formula is C12H15NO3. The van der Waals surface area contributed by atoms with E-state index < -0.39 is 0 Å². The number of ether oxygens (including phenoxy) is 3. The Kier molecular flexibility index (Phi) is 2.46. The van der Waals surface area contributed by atoms with Gasteiger partial charge < -0.3 is 14.2 Å². The smallest absolute Gasteiger partial charge is 0.161 e. The molecule has 86 valence electrons. The molecule has 3 rings (SSSR count). The van der Waals surface area contributed by atoms with Crippen LogP contribution in [-0.2, 0) is 4.74 Å². The number of hydrogen-bond acceptors (Lipinski definition) is 4. The average molecular weight is 221 g/mol. The monoisotopic (exact) mass is 221 g/mol. The fourth-order valence-corrected chi connectivity index (χ4v) is 2.07.